The van der Waals surface area contributed by atoms with Gasteiger partial charge in [-0.1, -0.05) is 55.8 Å². The molecule has 0 saturated carbocycles. The topological polar surface area (TPSA) is 20.2 Å². The highest BCUT2D eigenvalue weighted by Crippen LogP contribution is 2.16. The summed E-state index contributed by atoms with van der Waals surface area (Å²) in [5.74, 6) is 0. The summed E-state index contributed by atoms with van der Waals surface area (Å²) in [6.07, 6.45) is 6.81. The number of hydrogen-bond acceptors (Lipinski definition) is 1. The van der Waals surface area contributed by atoms with Crippen LogP contribution in [0.25, 0.3) is 0 Å². The molecule has 0 aromatic heterocycles. The van der Waals surface area contributed by atoms with Crippen LogP contribution in [0.1, 0.15) is 37.9 Å². The summed E-state index contributed by atoms with van der Waals surface area (Å²) in [4.78, 5) is 0. The lowest BCUT2D eigenvalue weighted by Crippen LogP contribution is -1.94. The summed E-state index contributed by atoms with van der Waals surface area (Å²) in [7, 11) is 0. The molecule has 0 fully saturated rings. The molecule has 0 amide bonds. The number of benzene rings is 1. The molecule has 0 bridgehead atoms. The Morgan fingerprint density at radius 1 is 1.21 bits per heavy atom. The average molecular weight is 190 g/mol. The Kier molecular flexibility index (Phi) is 5.02. The van der Waals surface area contributed by atoms with Crippen molar-refractivity contribution in [2.24, 2.45) is 0 Å². The maximum atomic E-state index is 9.77. The molecular formula is C13H18O. The zero-order valence-corrected chi connectivity index (χ0v) is 8.69. The number of aliphatic hydroxyl groups is 1. The average Bonchev–Trinajstić information content (AvgIpc) is 2.25. The van der Waals surface area contributed by atoms with Crippen molar-refractivity contribution < 1.29 is 5.11 Å². The Balaban J connectivity index is 2.39. The molecule has 0 aliphatic rings. The molecule has 14 heavy (non-hydrogen) atoms. The Hall–Kier alpha value is -1.08. The molecule has 1 aromatic carbocycles. The lowest BCUT2D eigenvalue weighted by Gasteiger charge is -2.07. The maximum absolute atomic E-state index is 9.77. The summed E-state index contributed by atoms with van der Waals surface area (Å²) in [5.41, 5.74) is 0.994. The predicted octanol–water partition coefficient (Wildman–Crippen LogP) is 3.47. The van der Waals surface area contributed by atoms with Gasteiger partial charge < -0.3 is 5.11 Å². The summed E-state index contributed by atoms with van der Waals surface area (Å²) < 4.78 is 0. The number of hydrogen-bond donors (Lipinski definition) is 1. The molecule has 0 spiro atoms. The number of unbranched alkanes of at least 4 members (excludes halogenated alkanes) is 1. The molecule has 0 saturated heterocycles. The Morgan fingerprint density at radius 2 is 1.93 bits per heavy atom. The van der Waals surface area contributed by atoms with Crippen molar-refractivity contribution >= 4 is 0 Å². The molecule has 1 rings (SSSR count). The molecular weight excluding hydrogens is 172 g/mol. The van der Waals surface area contributed by atoms with Gasteiger partial charge in [0.15, 0.2) is 0 Å². The van der Waals surface area contributed by atoms with Gasteiger partial charge in [-0.15, -0.1) is 0 Å². The van der Waals surface area contributed by atoms with E-state index < -0.39 is 0 Å². The molecule has 0 aliphatic carbocycles. The fourth-order valence-corrected chi connectivity index (χ4v) is 1.32. The van der Waals surface area contributed by atoms with E-state index in [9.17, 15) is 5.11 Å². The molecule has 1 unspecified atom stereocenters. The van der Waals surface area contributed by atoms with E-state index in [0.717, 1.165) is 18.4 Å². The van der Waals surface area contributed by atoms with E-state index in [1.807, 2.05) is 30.3 Å². The first kappa shape index (κ1) is 11.0. The molecule has 76 valence electrons. The van der Waals surface area contributed by atoms with Crippen LogP contribution in [-0.2, 0) is 0 Å². The summed E-state index contributed by atoms with van der Waals surface area (Å²) in [6, 6.07) is 9.78. The van der Waals surface area contributed by atoms with Crippen molar-refractivity contribution in [3.8, 4) is 0 Å². The van der Waals surface area contributed by atoms with Crippen molar-refractivity contribution in [2.75, 3.05) is 0 Å². The van der Waals surface area contributed by atoms with Crippen molar-refractivity contribution in [1.29, 1.82) is 0 Å². The highest BCUT2D eigenvalue weighted by atomic mass is 16.3. The standard InChI is InChI=1S/C13H18O/c1-2-3-4-8-11-13(14)12-9-6-5-7-10-12/h4-10,13-14H,2-3,11H2,1H3/b8-4-. The molecule has 1 N–H and O–H groups in total. The van der Waals surface area contributed by atoms with Gasteiger partial charge in [0.2, 0.25) is 0 Å². The quantitative estimate of drug-likeness (QED) is 0.705. The lowest BCUT2D eigenvalue weighted by atomic mass is 10.1. The highest BCUT2D eigenvalue weighted by Gasteiger charge is 2.02. The zero-order valence-electron chi connectivity index (χ0n) is 8.69. The fourth-order valence-electron chi connectivity index (χ4n) is 1.32. The van der Waals surface area contributed by atoms with Crippen molar-refractivity contribution in [2.45, 2.75) is 32.3 Å². The first-order valence-corrected chi connectivity index (χ1v) is 5.22. The minimum absolute atomic E-state index is 0.357. The third-order valence-electron chi connectivity index (χ3n) is 2.17. The van der Waals surface area contributed by atoms with Crippen LogP contribution in [0.15, 0.2) is 42.5 Å². The smallest absolute Gasteiger partial charge is 0.0824 e. The van der Waals surface area contributed by atoms with Crippen molar-refractivity contribution in [3.63, 3.8) is 0 Å². The van der Waals surface area contributed by atoms with Gasteiger partial charge in [0.05, 0.1) is 6.10 Å². The predicted molar refractivity (Wildman–Crippen MR) is 60.1 cm³/mol. The van der Waals surface area contributed by atoms with E-state index in [-0.39, 0.29) is 6.10 Å². The lowest BCUT2D eigenvalue weighted by molar-refractivity contribution is 0.181. The first-order valence-electron chi connectivity index (χ1n) is 5.22. The number of aliphatic hydroxyl groups excluding tert-OH is 1. The normalized spacial score (nSPS) is 13.3. The minimum Gasteiger partial charge on any atom is -0.388 e. The van der Waals surface area contributed by atoms with Gasteiger partial charge in [0.25, 0.3) is 0 Å². The van der Waals surface area contributed by atoms with E-state index in [1.54, 1.807) is 0 Å². The van der Waals surface area contributed by atoms with Gasteiger partial charge in [-0.2, -0.15) is 0 Å². The minimum atomic E-state index is -0.357. The molecule has 1 nitrogen and oxygen atoms in total. The van der Waals surface area contributed by atoms with Crippen molar-refractivity contribution in [1.82, 2.24) is 0 Å². The van der Waals surface area contributed by atoms with E-state index in [1.165, 1.54) is 0 Å². The van der Waals surface area contributed by atoms with E-state index in [0.29, 0.717) is 6.42 Å². The SMILES string of the molecule is CCC/C=C\CC(O)c1ccccc1. The molecule has 1 heteroatoms. The monoisotopic (exact) mass is 190 g/mol. The third kappa shape index (κ3) is 3.75. The van der Waals surface area contributed by atoms with E-state index in [2.05, 4.69) is 19.1 Å². The molecule has 0 aliphatic heterocycles. The van der Waals surface area contributed by atoms with Gasteiger partial charge >= 0.3 is 0 Å². The van der Waals surface area contributed by atoms with Gasteiger partial charge in [0.1, 0.15) is 0 Å². The highest BCUT2D eigenvalue weighted by molar-refractivity contribution is 5.17. The van der Waals surface area contributed by atoms with Crippen LogP contribution < -0.4 is 0 Å². The Labute approximate surface area is 86.1 Å². The molecule has 1 aromatic rings. The largest absolute Gasteiger partial charge is 0.388 e. The fraction of sp³-hybridized carbons (Fsp3) is 0.385. The maximum Gasteiger partial charge on any atom is 0.0824 e. The summed E-state index contributed by atoms with van der Waals surface area (Å²) >= 11 is 0. The van der Waals surface area contributed by atoms with Crippen LogP contribution in [-0.4, -0.2) is 5.11 Å². The third-order valence-corrected chi connectivity index (χ3v) is 2.17. The van der Waals surface area contributed by atoms with Gasteiger partial charge in [-0.3, -0.25) is 0 Å². The van der Waals surface area contributed by atoms with Crippen LogP contribution in [0.2, 0.25) is 0 Å². The molecule has 1 atom stereocenters. The van der Waals surface area contributed by atoms with Crippen LogP contribution in [0.5, 0.6) is 0 Å². The second-order valence-electron chi connectivity index (χ2n) is 3.42. The van der Waals surface area contributed by atoms with Gasteiger partial charge in [-0.05, 0) is 18.4 Å². The molecule has 0 radical (unpaired) electrons. The second-order valence-corrected chi connectivity index (χ2v) is 3.42. The van der Waals surface area contributed by atoms with Crippen LogP contribution in [0, 0.1) is 0 Å². The Morgan fingerprint density at radius 3 is 2.57 bits per heavy atom. The van der Waals surface area contributed by atoms with Gasteiger partial charge in [0, 0.05) is 0 Å². The zero-order chi connectivity index (χ0) is 10.2. The van der Waals surface area contributed by atoms with Crippen molar-refractivity contribution in [3.05, 3.63) is 48.0 Å². The molecule has 0 heterocycles. The Bertz CT molecular complexity index is 264. The van der Waals surface area contributed by atoms with Crippen LogP contribution in [0.4, 0.5) is 0 Å². The summed E-state index contributed by atoms with van der Waals surface area (Å²) in [6.45, 7) is 2.15. The number of rotatable bonds is 5. The first-order chi connectivity index (χ1) is 6.84. The number of allylic oxidation sites excluding steroid dienone is 1. The summed E-state index contributed by atoms with van der Waals surface area (Å²) in [5, 5.41) is 9.77. The van der Waals surface area contributed by atoms with E-state index >= 15 is 0 Å². The van der Waals surface area contributed by atoms with Gasteiger partial charge in [-0.25, -0.2) is 0 Å². The second kappa shape index (κ2) is 6.39. The van der Waals surface area contributed by atoms with E-state index in [4.69, 9.17) is 0 Å². The van der Waals surface area contributed by atoms with Crippen LogP contribution >= 0.6 is 0 Å². The van der Waals surface area contributed by atoms with Crippen LogP contribution in [0.3, 0.4) is 0 Å².